The number of hydrogen-bond donors (Lipinski definition) is 1. The Balaban J connectivity index is 1.66. The van der Waals surface area contributed by atoms with E-state index >= 15 is 0 Å². The summed E-state index contributed by atoms with van der Waals surface area (Å²) in [4.78, 5) is 14.5. The van der Waals surface area contributed by atoms with E-state index in [-0.39, 0.29) is 5.91 Å². The van der Waals surface area contributed by atoms with Gasteiger partial charge in [0.15, 0.2) is 11.6 Å². The Kier molecular flexibility index (Phi) is 4.55. The lowest BCUT2D eigenvalue weighted by Gasteiger charge is -2.31. The highest BCUT2D eigenvalue weighted by molar-refractivity contribution is 6.03. The van der Waals surface area contributed by atoms with E-state index in [4.69, 9.17) is 0 Å². The lowest BCUT2D eigenvalue weighted by atomic mass is 10.0. The molecule has 0 bridgehead atoms. The Morgan fingerprint density at radius 1 is 1.26 bits per heavy atom. The molecule has 1 unspecified atom stereocenters. The zero-order chi connectivity index (χ0) is 16.2. The number of anilines is 2. The highest BCUT2D eigenvalue weighted by atomic mass is 16.1. The first-order chi connectivity index (χ1) is 11.1. The molecule has 1 aromatic heterocycles. The van der Waals surface area contributed by atoms with Gasteiger partial charge >= 0.3 is 0 Å². The van der Waals surface area contributed by atoms with Crippen molar-refractivity contribution in [2.24, 2.45) is 5.92 Å². The van der Waals surface area contributed by atoms with Gasteiger partial charge < -0.3 is 10.2 Å². The molecule has 1 aliphatic heterocycles. The first kappa shape index (κ1) is 15.5. The number of nitrogens with one attached hydrogen (secondary N) is 1. The Hall–Kier alpha value is -2.43. The molecule has 1 aliphatic rings. The van der Waals surface area contributed by atoms with Gasteiger partial charge in [-0.2, -0.15) is 0 Å². The van der Waals surface area contributed by atoms with Crippen molar-refractivity contribution in [3.8, 4) is 0 Å². The minimum Gasteiger partial charge on any atom is -0.355 e. The maximum Gasteiger partial charge on any atom is 0.256 e. The summed E-state index contributed by atoms with van der Waals surface area (Å²) in [7, 11) is 0. The van der Waals surface area contributed by atoms with Crippen LogP contribution in [0.3, 0.4) is 0 Å². The van der Waals surface area contributed by atoms with E-state index in [2.05, 4.69) is 27.3 Å². The van der Waals surface area contributed by atoms with Crippen LogP contribution in [0.5, 0.6) is 0 Å². The third-order valence-electron chi connectivity index (χ3n) is 4.15. The Morgan fingerprint density at radius 3 is 2.83 bits per heavy atom. The summed E-state index contributed by atoms with van der Waals surface area (Å²) in [5.41, 5.74) is 1.68. The van der Waals surface area contributed by atoms with Gasteiger partial charge in [0.2, 0.25) is 0 Å². The molecule has 0 saturated carbocycles. The fourth-order valence-corrected chi connectivity index (χ4v) is 2.93. The second kappa shape index (κ2) is 6.77. The summed E-state index contributed by atoms with van der Waals surface area (Å²) in [5, 5.41) is 11.2. The van der Waals surface area contributed by atoms with Crippen LogP contribution in [-0.2, 0) is 0 Å². The maximum absolute atomic E-state index is 12.2. The number of carbonyl (C=O) groups excluding carboxylic acids is 1. The van der Waals surface area contributed by atoms with Crippen molar-refractivity contribution < 1.29 is 4.79 Å². The van der Waals surface area contributed by atoms with Gasteiger partial charge in [-0.15, -0.1) is 10.2 Å². The van der Waals surface area contributed by atoms with Crippen LogP contribution >= 0.6 is 0 Å². The molecule has 1 amide bonds. The molecule has 5 heteroatoms. The molecule has 1 saturated heterocycles. The molecule has 1 atom stereocenters. The molecular weight excluding hydrogens is 288 g/mol. The molecule has 5 nitrogen and oxygen atoms in total. The van der Waals surface area contributed by atoms with Gasteiger partial charge in [0, 0.05) is 18.7 Å². The maximum atomic E-state index is 12.2. The summed E-state index contributed by atoms with van der Waals surface area (Å²) >= 11 is 0. The number of aromatic nitrogens is 2. The van der Waals surface area contributed by atoms with E-state index in [1.165, 1.54) is 12.8 Å². The van der Waals surface area contributed by atoms with E-state index in [1.807, 2.05) is 37.3 Å². The number of rotatable bonds is 3. The average Bonchev–Trinajstić information content (AvgIpc) is 2.55. The lowest BCUT2D eigenvalue weighted by molar-refractivity contribution is 0.102. The van der Waals surface area contributed by atoms with Crippen LogP contribution in [0.25, 0.3) is 0 Å². The number of benzene rings is 1. The van der Waals surface area contributed by atoms with Gasteiger partial charge in [0.25, 0.3) is 5.91 Å². The van der Waals surface area contributed by atoms with Crippen molar-refractivity contribution in [2.45, 2.75) is 26.7 Å². The Labute approximate surface area is 136 Å². The van der Waals surface area contributed by atoms with Gasteiger partial charge in [-0.1, -0.05) is 24.6 Å². The van der Waals surface area contributed by atoms with Gasteiger partial charge in [0.1, 0.15) is 0 Å². The van der Waals surface area contributed by atoms with E-state index < -0.39 is 0 Å². The van der Waals surface area contributed by atoms with Crippen molar-refractivity contribution >= 4 is 17.5 Å². The van der Waals surface area contributed by atoms with E-state index in [0.717, 1.165) is 24.5 Å². The number of nitrogens with zero attached hydrogens (tertiary/aromatic N) is 3. The third kappa shape index (κ3) is 3.86. The molecule has 2 aromatic rings. The number of carbonyl (C=O) groups is 1. The zero-order valence-electron chi connectivity index (χ0n) is 13.6. The van der Waals surface area contributed by atoms with Gasteiger partial charge in [-0.3, -0.25) is 4.79 Å². The van der Waals surface area contributed by atoms with Crippen molar-refractivity contribution in [1.82, 2.24) is 10.2 Å². The van der Waals surface area contributed by atoms with Crippen LogP contribution in [0.2, 0.25) is 0 Å². The third-order valence-corrected chi connectivity index (χ3v) is 4.15. The van der Waals surface area contributed by atoms with E-state index in [1.54, 1.807) is 6.07 Å². The normalized spacial score (nSPS) is 17.8. The van der Waals surface area contributed by atoms with Crippen LogP contribution in [-0.4, -0.2) is 29.2 Å². The Bertz CT molecular complexity index is 684. The summed E-state index contributed by atoms with van der Waals surface area (Å²) in [6.45, 7) is 6.26. The first-order valence-corrected chi connectivity index (χ1v) is 8.08. The van der Waals surface area contributed by atoms with Crippen LogP contribution < -0.4 is 10.2 Å². The quantitative estimate of drug-likeness (QED) is 0.945. The predicted molar refractivity (Wildman–Crippen MR) is 91.8 cm³/mol. The van der Waals surface area contributed by atoms with Crippen LogP contribution in [0.4, 0.5) is 11.6 Å². The lowest BCUT2D eigenvalue weighted by Crippen LogP contribution is -2.34. The highest BCUT2D eigenvalue weighted by Gasteiger charge is 2.18. The monoisotopic (exact) mass is 310 g/mol. The van der Waals surface area contributed by atoms with Crippen LogP contribution in [0.15, 0.2) is 36.4 Å². The molecule has 23 heavy (non-hydrogen) atoms. The van der Waals surface area contributed by atoms with Crippen LogP contribution in [0, 0.1) is 12.8 Å². The van der Waals surface area contributed by atoms with Crippen molar-refractivity contribution in [2.75, 3.05) is 23.3 Å². The second-order valence-electron chi connectivity index (χ2n) is 6.29. The molecule has 0 aliphatic carbocycles. The van der Waals surface area contributed by atoms with E-state index in [9.17, 15) is 4.79 Å². The minimum absolute atomic E-state index is 0.164. The average molecular weight is 310 g/mol. The summed E-state index contributed by atoms with van der Waals surface area (Å²) in [6, 6.07) is 11.2. The largest absolute Gasteiger partial charge is 0.355 e. The smallest absolute Gasteiger partial charge is 0.256 e. The summed E-state index contributed by atoms with van der Waals surface area (Å²) in [5.74, 6) is 1.88. The molecule has 0 radical (unpaired) electrons. The molecule has 1 N–H and O–H groups in total. The topological polar surface area (TPSA) is 58.1 Å². The van der Waals surface area contributed by atoms with E-state index in [0.29, 0.717) is 17.3 Å². The summed E-state index contributed by atoms with van der Waals surface area (Å²) < 4.78 is 0. The predicted octanol–water partition coefficient (Wildman–Crippen LogP) is 3.27. The molecule has 1 fully saturated rings. The standard InChI is InChI=1S/C18H22N4O/c1-13-5-3-7-15(11-13)18(23)19-16-8-9-17(21-20-16)22-10-4-6-14(2)12-22/h3,5,7-9,11,14H,4,6,10,12H2,1-2H3,(H,19,20,23). The van der Waals surface area contributed by atoms with Crippen molar-refractivity contribution in [1.29, 1.82) is 0 Å². The van der Waals surface area contributed by atoms with Crippen molar-refractivity contribution in [3.05, 3.63) is 47.5 Å². The number of amides is 1. The van der Waals surface area contributed by atoms with Gasteiger partial charge in [-0.25, -0.2) is 0 Å². The molecule has 1 aromatic carbocycles. The molecule has 2 heterocycles. The first-order valence-electron chi connectivity index (χ1n) is 8.08. The number of aryl methyl sites for hydroxylation is 1. The summed E-state index contributed by atoms with van der Waals surface area (Å²) in [6.07, 6.45) is 2.46. The molecule has 3 rings (SSSR count). The van der Waals surface area contributed by atoms with Gasteiger partial charge in [0.05, 0.1) is 0 Å². The Morgan fingerprint density at radius 2 is 2.13 bits per heavy atom. The fraction of sp³-hybridized carbons (Fsp3) is 0.389. The SMILES string of the molecule is Cc1cccc(C(=O)Nc2ccc(N3CCCC(C)C3)nn2)c1. The number of hydrogen-bond acceptors (Lipinski definition) is 4. The molecular formula is C18H22N4O. The fourth-order valence-electron chi connectivity index (χ4n) is 2.93. The molecule has 120 valence electrons. The highest BCUT2D eigenvalue weighted by Crippen LogP contribution is 2.21. The molecule has 0 spiro atoms. The minimum atomic E-state index is -0.164. The number of piperidine rings is 1. The zero-order valence-corrected chi connectivity index (χ0v) is 13.6. The second-order valence-corrected chi connectivity index (χ2v) is 6.29. The van der Waals surface area contributed by atoms with Gasteiger partial charge in [-0.05, 0) is 49.9 Å². The van der Waals surface area contributed by atoms with Crippen molar-refractivity contribution in [3.63, 3.8) is 0 Å². The van der Waals surface area contributed by atoms with Crippen LogP contribution in [0.1, 0.15) is 35.7 Å².